The van der Waals surface area contributed by atoms with Gasteiger partial charge in [-0.3, -0.25) is 0 Å². The molecule has 0 bridgehead atoms. The highest BCUT2D eigenvalue weighted by Gasteiger charge is 2.08. The van der Waals surface area contributed by atoms with E-state index in [0.717, 1.165) is 12.8 Å². The molecular formula is C7H16N2. The van der Waals surface area contributed by atoms with Gasteiger partial charge in [0.05, 0.1) is 0 Å². The quantitative estimate of drug-likeness (QED) is 0.595. The smallest absolute Gasteiger partial charge is 0.0101 e. The van der Waals surface area contributed by atoms with Crippen molar-refractivity contribution < 1.29 is 0 Å². The molecule has 2 nitrogen and oxygen atoms in total. The number of rotatable bonds is 3. The van der Waals surface area contributed by atoms with E-state index in [4.69, 9.17) is 11.5 Å². The Morgan fingerprint density at radius 3 is 2.11 bits per heavy atom. The predicted molar refractivity (Wildman–Crippen MR) is 40.8 cm³/mol. The number of hydrogen-bond acceptors (Lipinski definition) is 2. The summed E-state index contributed by atoms with van der Waals surface area (Å²) in [6.07, 6.45) is 1.73. The van der Waals surface area contributed by atoms with Crippen molar-refractivity contribution in [3.63, 3.8) is 0 Å². The Hall–Kier alpha value is -0.500. The van der Waals surface area contributed by atoms with Crippen LogP contribution in [0, 0.1) is 0 Å². The molecule has 0 aliphatic carbocycles. The molecule has 0 saturated carbocycles. The standard InChI is InChI=1S/C7H16N2/c1-6(8)4-5-7(2,3)9/h1,4-5,8-9H2,2-3H3. The summed E-state index contributed by atoms with van der Waals surface area (Å²) in [6, 6.07) is 0. The van der Waals surface area contributed by atoms with Crippen LogP contribution in [0.2, 0.25) is 0 Å². The third kappa shape index (κ3) is 7.50. The molecule has 0 aliphatic rings. The van der Waals surface area contributed by atoms with Crippen LogP contribution in [0.25, 0.3) is 0 Å². The predicted octanol–water partition coefficient (Wildman–Crippen LogP) is 0.976. The zero-order valence-electron chi connectivity index (χ0n) is 6.28. The molecule has 0 aromatic rings. The first kappa shape index (κ1) is 8.50. The molecule has 0 atom stereocenters. The Kier molecular flexibility index (Phi) is 2.71. The minimum absolute atomic E-state index is 0.109. The molecule has 0 unspecified atom stereocenters. The second kappa shape index (κ2) is 2.87. The summed E-state index contributed by atoms with van der Waals surface area (Å²) in [6.45, 7) is 7.54. The van der Waals surface area contributed by atoms with Crippen molar-refractivity contribution in [3.05, 3.63) is 12.3 Å². The van der Waals surface area contributed by atoms with E-state index in [2.05, 4.69) is 6.58 Å². The van der Waals surface area contributed by atoms with Gasteiger partial charge in [-0.05, 0) is 26.7 Å². The molecule has 0 fully saturated rings. The van der Waals surface area contributed by atoms with Crippen LogP contribution in [0.1, 0.15) is 26.7 Å². The van der Waals surface area contributed by atoms with Gasteiger partial charge in [0.15, 0.2) is 0 Å². The van der Waals surface area contributed by atoms with Crippen LogP contribution < -0.4 is 11.5 Å². The molecule has 9 heavy (non-hydrogen) atoms. The summed E-state index contributed by atoms with van der Waals surface area (Å²) in [5.74, 6) is 0. The lowest BCUT2D eigenvalue weighted by atomic mass is 9.99. The van der Waals surface area contributed by atoms with E-state index < -0.39 is 0 Å². The molecule has 0 rings (SSSR count). The van der Waals surface area contributed by atoms with Crippen molar-refractivity contribution in [1.82, 2.24) is 0 Å². The molecule has 0 aromatic heterocycles. The van der Waals surface area contributed by atoms with Gasteiger partial charge in [-0.1, -0.05) is 6.58 Å². The summed E-state index contributed by atoms with van der Waals surface area (Å²) in [4.78, 5) is 0. The Morgan fingerprint density at radius 1 is 1.56 bits per heavy atom. The van der Waals surface area contributed by atoms with Crippen LogP contribution in [0.4, 0.5) is 0 Å². The SMILES string of the molecule is C=C(N)CCC(C)(C)N. The lowest BCUT2D eigenvalue weighted by Gasteiger charge is -2.17. The van der Waals surface area contributed by atoms with Crippen molar-refractivity contribution in [1.29, 1.82) is 0 Å². The van der Waals surface area contributed by atoms with Gasteiger partial charge in [0.2, 0.25) is 0 Å². The molecule has 4 N–H and O–H groups in total. The first-order valence-electron chi connectivity index (χ1n) is 3.14. The zero-order valence-corrected chi connectivity index (χ0v) is 6.28. The monoisotopic (exact) mass is 128 g/mol. The van der Waals surface area contributed by atoms with Crippen LogP contribution in [0.3, 0.4) is 0 Å². The van der Waals surface area contributed by atoms with Crippen LogP contribution in [-0.2, 0) is 0 Å². The van der Waals surface area contributed by atoms with E-state index in [1.54, 1.807) is 0 Å². The minimum atomic E-state index is -0.109. The summed E-state index contributed by atoms with van der Waals surface area (Å²) >= 11 is 0. The van der Waals surface area contributed by atoms with Crippen molar-refractivity contribution in [3.8, 4) is 0 Å². The molecule has 0 spiro atoms. The third-order valence-corrected chi connectivity index (χ3v) is 1.09. The largest absolute Gasteiger partial charge is 0.403 e. The van der Waals surface area contributed by atoms with Gasteiger partial charge in [-0.15, -0.1) is 0 Å². The van der Waals surface area contributed by atoms with Gasteiger partial charge in [0.1, 0.15) is 0 Å². The van der Waals surface area contributed by atoms with Crippen molar-refractivity contribution >= 4 is 0 Å². The summed E-state index contributed by atoms with van der Waals surface area (Å²) in [7, 11) is 0. The average molecular weight is 128 g/mol. The highest BCUT2D eigenvalue weighted by atomic mass is 14.7. The van der Waals surface area contributed by atoms with Gasteiger partial charge in [-0.2, -0.15) is 0 Å². The molecule has 0 aromatic carbocycles. The summed E-state index contributed by atoms with van der Waals surface area (Å²) in [5.41, 5.74) is 11.6. The van der Waals surface area contributed by atoms with E-state index in [0.29, 0.717) is 5.70 Å². The molecule has 0 amide bonds. The van der Waals surface area contributed by atoms with Crippen LogP contribution in [-0.4, -0.2) is 5.54 Å². The first-order chi connectivity index (χ1) is 3.92. The maximum absolute atomic E-state index is 5.69. The maximum Gasteiger partial charge on any atom is 0.0101 e. The maximum atomic E-state index is 5.69. The van der Waals surface area contributed by atoms with Gasteiger partial charge in [0.25, 0.3) is 0 Å². The van der Waals surface area contributed by atoms with E-state index in [1.807, 2.05) is 13.8 Å². The summed E-state index contributed by atoms with van der Waals surface area (Å²) < 4.78 is 0. The number of hydrogen-bond donors (Lipinski definition) is 2. The van der Waals surface area contributed by atoms with E-state index >= 15 is 0 Å². The highest BCUT2D eigenvalue weighted by Crippen LogP contribution is 2.08. The highest BCUT2D eigenvalue weighted by molar-refractivity contribution is 4.89. The van der Waals surface area contributed by atoms with Crippen LogP contribution in [0.5, 0.6) is 0 Å². The Morgan fingerprint density at radius 2 is 2.00 bits per heavy atom. The van der Waals surface area contributed by atoms with Gasteiger partial charge in [0, 0.05) is 11.2 Å². The molecule has 0 aliphatic heterocycles. The zero-order chi connectivity index (χ0) is 7.49. The van der Waals surface area contributed by atoms with E-state index in [9.17, 15) is 0 Å². The molecule has 0 heterocycles. The lowest BCUT2D eigenvalue weighted by molar-refractivity contribution is 0.475. The second-order valence-corrected chi connectivity index (χ2v) is 3.15. The Balaban J connectivity index is 3.39. The van der Waals surface area contributed by atoms with Gasteiger partial charge >= 0.3 is 0 Å². The topological polar surface area (TPSA) is 52.0 Å². The molecule has 0 radical (unpaired) electrons. The fraction of sp³-hybridized carbons (Fsp3) is 0.714. The van der Waals surface area contributed by atoms with Gasteiger partial charge < -0.3 is 11.5 Å². The first-order valence-corrected chi connectivity index (χ1v) is 3.14. The van der Waals surface area contributed by atoms with Crippen molar-refractivity contribution in [2.45, 2.75) is 32.2 Å². The minimum Gasteiger partial charge on any atom is -0.403 e. The Bertz CT molecular complexity index is 100.0. The molecular weight excluding hydrogens is 112 g/mol. The molecule has 54 valence electrons. The molecule has 0 saturated heterocycles. The van der Waals surface area contributed by atoms with Crippen molar-refractivity contribution in [2.24, 2.45) is 11.5 Å². The normalized spacial score (nSPS) is 11.4. The van der Waals surface area contributed by atoms with E-state index in [1.165, 1.54) is 0 Å². The lowest BCUT2D eigenvalue weighted by Crippen LogP contribution is -2.31. The fourth-order valence-corrected chi connectivity index (χ4v) is 0.483. The molecule has 2 heteroatoms. The number of allylic oxidation sites excluding steroid dienone is 1. The Labute approximate surface area is 56.9 Å². The third-order valence-electron chi connectivity index (χ3n) is 1.09. The van der Waals surface area contributed by atoms with Crippen LogP contribution in [0.15, 0.2) is 12.3 Å². The van der Waals surface area contributed by atoms with Crippen molar-refractivity contribution in [2.75, 3.05) is 0 Å². The van der Waals surface area contributed by atoms with E-state index in [-0.39, 0.29) is 5.54 Å². The number of nitrogens with two attached hydrogens (primary N) is 2. The second-order valence-electron chi connectivity index (χ2n) is 3.15. The van der Waals surface area contributed by atoms with Crippen LogP contribution >= 0.6 is 0 Å². The summed E-state index contributed by atoms with van der Waals surface area (Å²) in [5, 5.41) is 0. The average Bonchev–Trinajstić information content (AvgIpc) is 1.59. The fourth-order valence-electron chi connectivity index (χ4n) is 0.483. The van der Waals surface area contributed by atoms with Gasteiger partial charge in [-0.25, -0.2) is 0 Å².